The predicted octanol–water partition coefficient (Wildman–Crippen LogP) is 2.79. The van der Waals surface area contributed by atoms with Crippen LogP contribution in [0.25, 0.3) is 0 Å². The number of amides is 1. The molecule has 0 aliphatic carbocycles. The number of hydrogen-bond donors (Lipinski definition) is 0. The Morgan fingerprint density at radius 2 is 2.09 bits per heavy atom. The van der Waals surface area contributed by atoms with E-state index in [0.717, 1.165) is 24.8 Å². The number of rotatable bonds is 3. The molecule has 1 atom stereocenters. The topological polar surface area (TPSA) is 49.9 Å². The number of carbonyl (C=O) groups excluding carboxylic acids is 2. The van der Waals surface area contributed by atoms with Gasteiger partial charge in [-0.05, 0) is 44.4 Å². The fraction of sp³-hybridized carbons (Fsp3) is 0.529. The first-order valence-electron chi connectivity index (χ1n) is 7.48. The number of benzene rings is 1. The zero-order valence-corrected chi connectivity index (χ0v) is 13.9. The van der Waals surface area contributed by atoms with Crippen molar-refractivity contribution >= 4 is 18.1 Å². The van der Waals surface area contributed by atoms with E-state index in [1.807, 2.05) is 18.2 Å². The van der Waals surface area contributed by atoms with Crippen LogP contribution in [0.2, 0.25) is 0 Å². The molecule has 0 saturated carbocycles. The van der Waals surface area contributed by atoms with Crippen molar-refractivity contribution in [1.29, 1.82) is 0 Å². The van der Waals surface area contributed by atoms with Gasteiger partial charge in [-0.2, -0.15) is 0 Å². The first kappa shape index (κ1) is 16.3. The van der Waals surface area contributed by atoms with E-state index in [2.05, 4.69) is 11.9 Å². The van der Waals surface area contributed by atoms with Crippen LogP contribution in [0, 0.1) is 0 Å². The molecular weight excluding hydrogens is 280 g/mol. The molecule has 5 heteroatoms. The second-order valence-electron chi connectivity index (χ2n) is 6.73. The molecule has 1 heterocycles. The summed E-state index contributed by atoms with van der Waals surface area (Å²) in [6, 6.07) is 5.29. The normalized spacial score (nSPS) is 15.2. The molecule has 0 fully saturated rings. The number of anilines is 1. The maximum Gasteiger partial charge on any atom is 0.410 e. The minimum Gasteiger partial charge on any atom is -0.444 e. The van der Waals surface area contributed by atoms with Crippen LogP contribution in [-0.4, -0.2) is 43.5 Å². The van der Waals surface area contributed by atoms with Crippen molar-refractivity contribution in [2.75, 3.05) is 25.5 Å². The lowest BCUT2D eigenvalue weighted by Crippen LogP contribution is -2.37. The van der Waals surface area contributed by atoms with Gasteiger partial charge in [-0.3, -0.25) is 4.90 Å². The summed E-state index contributed by atoms with van der Waals surface area (Å²) >= 11 is 0. The van der Waals surface area contributed by atoms with Gasteiger partial charge >= 0.3 is 6.09 Å². The summed E-state index contributed by atoms with van der Waals surface area (Å²) in [5, 5.41) is 0. The summed E-state index contributed by atoms with van der Waals surface area (Å²) in [5.74, 6) is 0. The number of ether oxygens (including phenoxy) is 1. The van der Waals surface area contributed by atoms with Crippen LogP contribution in [-0.2, 0) is 16.0 Å². The Balaban J connectivity index is 2.21. The summed E-state index contributed by atoms with van der Waals surface area (Å²) in [6.45, 7) is 6.39. The molecule has 0 saturated heterocycles. The van der Waals surface area contributed by atoms with Crippen LogP contribution in [0.4, 0.5) is 10.5 Å². The first-order valence-corrected chi connectivity index (χ1v) is 7.48. The third kappa shape index (κ3) is 3.40. The van der Waals surface area contributed by atoms with Gasteiger partial charge in [-0.25, -0.2) is 4.79 Å². The average Bonchev–Trinajstić information content (AvgIpc) is 2.79. The number of fused-ring (bicyclic) bond motifs is 1. The van der Waals surface area contributed by atoms with Crippen LogP contribution < -0.4 is 4.90 Å². The van der Waals surface area contributed by atoms with Crippen molar-refractivity contribution in [3.63, 3.8) is 0 Å². The van der Waals surface area contributed by atoms with Crippen molar-refractivity contribution in [1.82, 2.24) is 4.90 Å². The van der Waals surface area contributed by atoms with Crippen LogP contribution >= 0.6 is 0 Å². The van der Waals surface area contributed by atoms with E-state index in [1.165, 1.54) is 16.2 Å². The maximum absolute atomic E-state index is 12.2. The van der Waals surface area contributed by atoms with E-state index in [4.69, 9.17) is 4.74 Å². The van der Waals surface area contributed by atoms with Crippen molar-refractivity contribution in [2.45, 2.75) is 38.8 Å². The molecular formula is C17H24N2O3. The SMILES string of the molecule is CN1CCc2cc(C(C=O)N(C)C(=O)OC(C)(C)C)ccc21. The third-order valence-electron chi connectivity index (χ3n) is 3.80. The summed E-state index contributed by atoms with van der Waals surface area (Å²) in [5.41, 5.74) is 2.63. The minimum atomic E-state index is -0.633. The lowest BCUT2D eigenvalue weighted by atomic mass is 10.0. The van der Waals surface area contributed by atoms with Gasteiger partial charge in [0, 0.05) is 26.3 Å². The fourth-order valence-electron chi connectivity index (χ4n) is 2.61. The number of hydrogen-bond acceptors (Lipinski definition) is 4. The Morgan fingerprint density at radius 1 is 1.41 bits per heavy atom. The van der Waals surface area contributed by atoms with Crippen molar-refractivity contribution in [2.24, 2.45) is 0 Å². The smallest absolute Gasteiger partial charge is 0.410 e. The lowest BCUT2D eigenvalue weighted by molar-refractivity contribution is -0.112. The minimum absolute atomic E-state index is 0.498. The van der Waals surface area contributed by atoms with E-state index < -0.39 is 17.7 Å². The van der Waals surface area contributed by atoms with E-state index in [0.29, 0.717) is 0 Å². The first-order chi connectivity index (χ1) is 10.2. The highest BCUT2D eigenvalue weighted by Gasteiger charge is 2.27. The highest BCUT2D eigenvalue weighted by molar-refractivity contribution is 5.75. The Bertz CT molecular complexity index is 578. The van der Waals surface area contributed by atoms with Gasteiger partial charge in [-0.1, -0.05) is 12.1 Å². The molecule has 0 aromatic heterocycles. The molecule has 0 spiro atoms. The molecule has 120 valence electrons. The predicted molar refractivity (Wildman–Crippen MR) is 86.2 cm³/mol. The second kappa shape index (κ2) is 5.99. The van der Waals surface area contributed by atoms with E-state index in [9.17, 15) is 9.59 Å². The third-order valence-corrected chi connectivity index (χ3v) is 3.80. The summed E-state index contributed by atoms with van der Waals surface area (Å²) in [4.78, 5) is 27.2. The standard InChI is InChI=1S/C17H24N2O3/c1-17(2,3)22-16(21)19(5)15(11-20)12-6-7-14-13(10-12)8-9-18(14)4/h6-7,10-11,15H,8-9H2,1-5H3. The Labute approximate surface area is 131 Å². The quantitative estimate of drug-likeness (QED) is 0.806. The summed E-state index contributed by atoms with van der Waals surface area (Å²) < 4.78 is 5.33. The van der Waals surface area contributed by atoms with E-state index >= 15 is 0 Å². The van der Waals surface area contributed by atoms with Gasteiger partial charge in [0.15, 0.2) is 0 Å². The lowest BCUT2D eigenvalue weighted by Gasteiger charge is -2.28. The monoisotopic (exact) mass is 304 g/mol. The highest BCUT2D eigenvalue weighted by Crippen LogP contribution is 2.30. The molecule has 1 aromatic carbocycles. The van der Waals surface area contributed by atoms with Crippen LogP contribution in [0.3, 0.4) is 0 Å². The molecule has 0 radical (unpaired) electrons. The van der Waals surface area contributed by atoms with Gasteiger partial charge in [0.2, 0.25) is 0 Å². The largest absolute Gasteiger partial charge is 0.444 e. The van der Waals surface area contributed by atoms with Gasteiger partial charge in [-0.15, -0.1) is 0 Å². The number of carbonyl (C=O) groups is 2. The van der Waals surface area contributed by atoms with E-state index in [-0.39, 0.29) is 0 Å². The van der Waals surface area contributed by atoms with Gasteiger partial charge in [0.1, 0.15) is 17.9 Å². The number of aldehydes is 1. The van der Waals surface area contributed by atoms with Crippen LogP contribution in [0.15, 0.2) is 18.2 Å². The van der Waals surface area contributed by atoms with Crippen molar-refractivity contribution in [3.8, 4) is 0 Å². The molecule has 1 aliphatic heterocycles. The fourth-order valence-corrected chi connectivity index (χ4v) is 2.61. The Kier molecular flexibility index (Phi) is 4.44. The van der Waals surface area contributed by atoms with Gasteiger partial charge < -0.3 is 14.4 Å². The molecule has 1 aromatic rings. The van der Waals surface area contributed by atoms with Crippen molar-refractivity contribution < 1.29 is 14.3 Å². The number of likely N-dealkylation sites (N-methyl/N-ethyl adjacent to an activating group) is 2. The summed E-state index contributed by atoms with van der Waals surface area (Å²) in [6.07, 6.45) is 1.24. The van der Waals surface area contributed by atoms with Gasteiger partial charge in [0.25, 0.3) is 0 Å². The zero-order valence-electron chi connectivity index (χ0n) is 13.9. The van der Waals surface area contributed by atoms with Crippen LogP contribution in [0.1, 0.15) is 37.9 Å². The van der Waals surface area contributed by atoms with Crippen LogP contribution in [0.5, 0.6) is 0 Å². The molecule has 0 N–H and O–H groups in total. The average molecular weight is 304 g/mol. The maximum atomic E-state index is 12.2. The molecule has 2 rings (SSSR count). The Hall–Kier alpha value is -2.04. The van der Waals surface area contributed by atoms with E-state index in [1.54, 1.807) is 27.8 Å². The molecule has 1 unspecified atom stereocenters. The Morgan fingerprint density at radius 3 is 2.68 bits per heavy atom. The molecule has 1 amide bonds. The van der Waals surface area contributed by atoms with Crippen molar-refractivity contribution in [3.05, 3.63) is 29.3 Å². The molecule has 5 nitrogen and oxygen atoms in total. The molecule has 0 bridgehead atoms. The molecule has 1 aliphatic rings. The van der Waals surface area contributed by atoms with Gasteiger partial charge in [0.05, 0.1) is 0 Å². The summed E-state index contributed by atoms with van der Waals surface area (Å²) in [7, 11) is 3.64. The molecule has 22 heavy (non-hydrogen) atoms. The highest BCUT2D eigenvalue weighted by atomic mass is 16.6. The second-order valence-corrected chi connectivity index (χ2v) is 6.73. The zero-order chi connectivity index (χ0) is 16.5. The number of nitrogens with zero attached hydrogens (tertiary/aromatic N) is 2.